The van der Waals surface area contributed by atoms with Crippen LogP contribution in [-0.4, -0.2) is 71.2 Å². The Morgan fingerprint density at radius 3 is 1.81 bits per heavy atom. The van der Waals surface area contributed by atoms with Gasteiger partial charge in [-0.05, 0) is 44.1 Å². The maximum atomic E-state index is 12.7. The van der Waals surface area contributed by atoms with E-state index >= 15 is 0 Å². The minimum Gasteiger partial charge on any atom is -0.480 e. The fraction of sp³-hybridized carbons (Fsp3) is 0.800. The molecule has 0 fully saturated rings. The molecule has 180 valence electrons. The smallest absolute Gasteiger partial charge is 0.326 e. The quantitative estimate of drug-likeness (QED) is 0.150. The molecule has 0 heterocycles. The van der Waals surface area contributed by atoms with Crippen molar-refractivity contribution in [2.24, 2.45) is 23.3 Å². The molecule has 9 N–H and O–H groups in total. The first-order valence-electron chi connectivity index (χ1n) is 10.6. The summed E-state index contributed by atoms with van der Waals surface area (Å²) in [7, 11) is 0. The number of unbranched alkanes of at least 4 members (excludes halogenated alkanes) is 1. The molecule has 0 aromatic heterocycles. The van der Waals surface area contributed by atoms with Crippen LogP contribution in [0, 0.1) is 11.8 Å². The van der Waals surface area contributed by atoms with Gasteiger partial charge in [0.1, 0.15) is 18.1 Å². The molecule has 0 saturated carbocycles. The second-order valence-corrected chi connectivity index (χ2v) is 8.39. The number of aliphatic hydroxyl groups is 1. The summed E-state index contributed by atoms with van der Waals surface area (Å²) in [5.41, 5.74) is 11.2. The lowest BCUT2D eigenvalue weighted by Crippen LogP contribution is -2.58. The van der Waals surface area contributed by atoms with Gasteiger partial charge in [-0.2, -0.15) is 0 Å². The normalized spacial score (nSPS) is 15.1. The third kappa shape index (κ3) is 11.1. The summed E-state index contributed by atoms with van der Waals surface area (Å²) >= 11 is 0. The lowest BCUT2D eigenvalue weighted by atomic mass is 10.0. The van der Waals surface area contributed by atoms with Crippen molar-refractivity contribution in [3.8, 4) is 0 Å². The molecule has 0 rings (SSSR count). The molecule has 11 nitrogen and oxygen atoms in total. The van der Waals surface area contributed by atoms with Gasteiger partial charge < -0.3 is 37.6 Å². The lowest BCUT2D eigenvalue weighted by Gasteiger charge is -2.25. The Labute approximate surface area is 183 Å². The third-order valence-electron chi connectivity index (χ3n) is 4.74. The molecule has 11 heteroatoms. The lowest BCUT2D eigenvalue weighted by molar-refractivity contribution is -0.143. The fourth-order valence-corrected chi connectivity index (χ4v) is 2.76. The third-order valence-corrected chi connectivity index (χ3v) is 4.74. The van der Waals surface area contributed by atoms with E-state index in [-0.39, 0.29) is 24.7 Å². The van der Waals surface area contributed by atoms with E-state index < -0.39 is 54.5 Å². The molecule has 0 bridgehead atoms. The molecule has 0 aromatic rings. The highest BCUT2D eigenvalue weighted by atomic mass is 16.4. The predicted octanol–water partition coefficient (Wildman–Crippen LogP) is -1.32. The molecule has 4 atom stereocenters. The van der Waals surface area contributed by atoms with E-state index in [0.29, 0.717) is 19.4 Å². The number of aliphatic hydroxyl groups excluding tert-OH is 1. The highest BCUT2D eigenvalue weighted by molar-refractivity contribution is 5.94. The predicted molar refractivity (Wildman–Crippen MR) is 116 cm³/mol. The number of amides is 3. The minimum atomic E-state index is -1.30. The van der Waals surface area contributed by atoms with Gasteiger partial charge in [0.2, 0.25) is 17.7 Å². The van der Waals surface area contributed by atoms with Crippen LogP contribution in [0.4, 0.5) is 0 Å². The number of rotatable bonds is 15. The van der Waals surface area contributed by atoms with E-state index in [4.69, 9.17) is 11.5 Å². The van der Waals surface area contributed by atoms with Crippen LogP contribution in [0.25, 0.3) is 0 Å². The van der Waals surface area contributed by atoms with Gasteiger partial charge in [-0.3, -0.25) is 14.4 Å². The van der Waals surface area contributed by atoms with E-state index in [1.54, 1.807) is 13.8 Å². The zero-order valence-electron chi connectivity index (χ0n) is 18.9. The van der Waals surface area contributed by atoms with E-state index in [9.17, 15) is 29.4 Å². The Balaban J connectivity index is 5.29. The number of carbonyl (C=O) groups is 4. The van der Waals surface area contributed by atoms with Crippen LogP contribution < -0.4 is 27.4 Å². The molecule has 0 aliphatic heterocycles. The van der Waals surface area contributed by atoms with Crippen LogP contribution in [-0.2, 0) is 19.2 Å². The van der Waals surface area contributed by atoms with Crippen molar-refractivity contribution >= 4 is 23.7 Å². The van der Waals surface area contributed by atoms with Crippen LogP contribution in [0.2, 0.25) is 0 Å². The van der Waals surface area contributed by atoms with Crippen molar-refractivity contribution in [2.45, 2.75) is 77.5 Å². The first kappa shape index (κ1) is 28.8. The Hall–Kier alpha value is -2.24. The van der Waals surface area contributed by atoms with E-state index in [1.165, 1.54) is 0 Å². The number of carbonyl (C=O) groups excluding carboxylic acids is 3. The van der Waals surface area contributed by atoms with Crippen molar-refractivity contribution in [3.63, 3.8) is 0 Å². The van der Waals surface area contributed by atoms with Gasteiger partial charge in [0, 0.05) is 0 Å². The highest BCUT2D eigenvalue weighted by Crippen LogP contribution is 2.08. The maximum Gasteiger partial charge on any atom is 0.326 e. The minimum absolute atomic E-state index is 0.0332. The maximum absolute atomic E-state index is 12.7. The molecule has 0 radical (unpaired) electrons. The van der Waals surface area contributed by atoms with Crippen molar-refractivity contribution in [2.75, 3.05) is 13.2 Å². The summed E-state index contributed by atoms with van der Waals surface area (Å²) in [6.45, 7) is 6.86. The Morgan fingerprint density at radius 2 is 1.35 bits per heavy atom. The molecular weight excluding hydrogens is 406 g/mol. The molecule has 4 unspecified atom stereocenters. The molecule has 0 saturated heterocycles. The average Bonchev–Trinajstić information content (AvgIpc) is 2.69. The first-order valence-corrected chi connectivity index (χ1v) is 10.6. The summed E-state index contributed by atoms with van der Waals surface area (Å²) in [5.74, 6) is -3.33. The van der Waals surface area contributed by atoms with Gasteiger partial charge in [-0.15, -0.1) is 0 Å². The molecule has 0 aromatic carbocycles. The molecule has 3 amide bonds. The summed E-state index contributed by atoms with van der Waals surface area (Å²) in [6, 6.07) is -4.30. The number of hydrogen-bond acceptors (Lipinski definition) is 7. The summed E-state index contributed by atoms with van der Waals surface area (Å²) < 4.78 is 0. The topological polar surface area (TPSA) is 197 Å². The standard InChI is InChI=1S/C20H39N5O6/c1-11(2)9-14(20(30)31)24-17(27)13(7-5-6-8-21)23-18(28)15(10-26)25-19(29)16(22)12(3)4/h11-16,26H,5-10,21-22H2,1-4H3,(H,23,28)(H,24,27)(H,25,29)(H,30,31). The van der Waals surface area contributed by atoms with Crippen LogP contribution in [0.5, 0.6) is 0 Å². The zero-order chi connectivity index (χ0) is 24.1. The van der Waals surface area contributed by atoms with Gasteiger partial charge in [-0.25, -0.2) is 4.79 Å². The van der Waals surface area contributed by atoms with Crippen molar-refractivity contribution in [3.05, 3.63) is 0 Å². The van der Waals surface area contributed by atoms with Crippen molar-refractivity contribution in [1.82, 2.24) is 16.0 Å². The van der Waals surface area contributed by atoms with Gasteiger partial charge in [0.05, 0.1) is 12.6 Å². The molecule has 0 aliphatic rings. The summed E-state index contributed by atoms with van der Waals surface area (Å²) in [4.78, 5) is 48.9. The Kier molecular flexibility index (Phi) is 13.6. The number of nitrogens with two attached hydrogens (primary N) is 2. The van der Waals surface area contributed by atoms with Gasteiger partial charge in [-0.1, -0.05) is 27.7 Å². The average molecular weight is 446 g/mol. The number of aliphatic carboxylic acids is 1. The van der Waals surface area contributed by atoms with E-state index in [2.05, 4.69) is 16.0 Å². The van der Waals surface area contributed by atoms with Crippen LogP contribution in [0.3, 0.4) is 0 Å². The Bertz CT molecular complexity index is 599. The van der Waals surface area contributed by atoms with Crippen molar-refractivity contribution < 1.29 is 29.4 Å². The number of nitrogens with one attached hydrogen (secondary N) is 3. The fourth-order valence-electron chi connectivity index (χ4n) is 2.76. The number of hydrogen-bond donors (Lipinski definition) is 7. The summed E-state index contributed by atoms with van der Waals surface area (Å²) in [6.07, 6.45) is 1.58. The first-order chi connectivity index (χ1) is 14.4. The highest BCUT2D eigenvalue weighted by Gasteiger charge is 2.30. The Morgan fingerprint density at radius 1 is 0.839 bits per heavy atom. The molecule has 0 aliphatic carbocycles. The van der Waals surface area contributed by atoms with Crippen LogP contribution in [0.1, 0.15) is 53.4 Å². The SMILES string of the molecule is CC(C)CC(NC(=O)C(CCCCN)NC(=O)C(CO)NC(=O)C(N)C(C)C)C(=O)O. The second-order valence-electron chi connectivity index (χ2n) is 8.39. The molecule has 0 spiro atoms. The number of carboxylic acid groups (broad SMARTS) is 1. The van der Waals surface area contributed by atoms with E-state index in [1.807, 2.05) is 13.8 Å². The van der Waals surface area contributed by atoms with Crippen molar-refractivity contribution in [1.29, 1.82) is 0 Å². The number of carboxylic acids is 1. The zero-order valence-corrected chi connectivity index (χ0v) is 18.9. The van der Waals surface area contributed by atoms with Gasteiger partial charge in [0.25, 0.3) is 0 Å². The largest absolute Gasteiger partial charge is 0.480 e. The second kappa shape index (κ2) is 14.7. The monoisotopic (exact) mass is 445 g/mol. The van der Waals surface area contributed by atoms with E-state index in [0.717, 1.165) is 0 Å². The van der Waals surface area contributed by atoms with Crippen LogP contribution >= 0.6 is 0 Å². The van der Waals surface area contributed by atoms with Gasteiger partial charge >= 0.3 is 5.97 Å². The van der Waals surface area contributed by atoms with Crippen LogP contribution in [0.15, 0.2) is 0 Å². The van der Waals surface area contributed by atoms with Gasteiger partial charge in [0.15, 0.2) is 0 Å². The summed E-state index contributed by atoms with van der Waals surface area (Å²) in [5, 5.41) is 26.2. The molecular formula is C20H39N5O6. The molecule has 31 heavy (non-hydrogen) atoms.